The summed E-state index contributed by atoms with van der Waals surface area (Å²) >= 11 is 0. The van der Waals surface area contributed by atoms with Crippen molar-refractivity contribution in [2.45, 2.75) is 109 Å². The van der Waals surface area contributed by atoms with E-state index in [1.54, 1.807) is 16.7 Å². The molecule has 0 unspecified atom stereocenters. The first-order chi connectivity index (χ1) is 11.9. The Balaban J connectivity index is 1.67. The highest BCUT2D eigenvalue weighted by Crippen LogP contribution is 2.37. The van der Waals surface area contributed by atoms with Crippen LogP contribution >= 0.6 is 0 Å². The van der Waals surface area contributed by atoms with Crippen LogP contribution in [0.4, 0.5) is 0 Å². The molecule has 1 aromatic rings. The van der Waals surface area contributed by atoms with Crippen LogP contribution in [0.15, 0.2) is 18.2 Å². The maximum absolute atomic E-state index is 2.46. The van der Waals surface area contributed by atoms with Gasteiger partial charge in [-0.3, -0.25) is 0 Å². The van der Waals surface area contributed by atoms with Gasteiger partial charge in [0.2, 0.25) is 0 Å². The first-order valence-corrected chi connectivity index (χ1v) is 11.0. The van der Waals surface area contributed by atoms with Gasteiger partial charge < -0.3 is 0 Å². The summed E-state index contributed by atoms with van der Waals surface area (Å²) in [4.78, 5) is 0. The second kappa shape index (κ2) is 9.64. The van der Waals surface area contributed by atoms with E-state index >= 15 is 0 Å². The normalized spacial score (nSPS) is 20.4. The molecule has 0 aromatic heterocycles. The molecule has 0 heterocycles. The van der Waals surface area contributed by atoms with Gasteiger partial charge in [-0.15, -0.1) is 0 Å². The molecule has 134 valence electrons. The van der Waals surface area contributed by atoms with Gasteiger partial charge in [0.05, 0.1) is 0 Å². The highest BCUT2D eigenvalue weighted by Gasteiger charge is 2.21. The summed E-state index contributed by atoms with van der Waals surface area (Å²) < 4.78 is 0. The lowest BCUT2D eigenvalue weighted by Gasteiger charge is -2.27. The summed E-state index contributed by atoms with van der Waals surface area (Å²) in [6.45, 7) is 2.33. The van der Waals surface area contributed by atoms with E-state index in [0.717, 1.165) is 11.8 Å². The van der Waals surface area contributed by atoms with Gasteiger partial charge in [-0.1, -0.05) is 89.3 Å². The van der Waals surface area contributed by atoms with E-state index in [1.807, 2.05) is 0 Å². The Morgan fingerprint density at radius 3 is 2.08 bits per heavy atom. The van der Waals surface area contributed by atoms with Gasteiger partial charge in [-0.05, 0) is 60.6 Å². The van der Waals surface area contributed by atoms with Gasteiger partial charge in [-0.25, -0.2) is 0 Å². The average molecular weight is 327 g/mol. The SMILES string of the molecule is CCCc1cccc(CCCC2CCCCC2)c1C1CCCCC1. The van der Waals surface area contributed by atoms with Crippen molar-refractivity contribution in [2.24, 2.45) is 5.92 Å². The van der Waals surface area contributed by atoms with Crippen LogP contribution in [0.2, 0.25) is 0 Å². The van der Waals surface area contributed by atoms with Gasteiger partial charge in [0.25, 0.3) is 0 Å². The topological polar surface area (TPSA) is 0 Å². The molecule has 2 aliphatic rings. The van der Waals surface area contributed by atoms with Crippen molar-refractivity contribution in [1.29, 1.82) is 0 Å². The van der Waals surface area contributed by atoms with Crippen LogP contribution in [0.25, 0.3) is 0 Å². The van der Waals surface area contributed by atoms with E-state index in [-0.39, 0.29) is 0 Å². The molecule has 0 nitrogen and oxygen atoms in total. The van der Waals surface area contributed by atoms with Crippen molar-refractivity contribution in [3.63, 3.8) is 0 Å². The van der Waals surface area contributed by atoms with Gasteiger partial charge >= 0.3 is 0 Å². The minimum absolute atomic E-state index is 0.867. The molecule has 0 aliphatic heterocycles. The molecule has 2 fully saturated rings. The minimum atomic E-state index is 0.867. The van der Waals surface area contributed by atoms with Crippen molar-refractivity contribution >= 4 is 0 Å². The summed E-state index contributed by atoms with van der Waals surface area (Å²) in [5, 5.41) is 0. The summed E-state index contributed by atoms with van der Waals surface area (Å²) in [5.74, 6) is 1.90. The van der Waals surface area contributed by atoms with Crippen molar-refractivity contribution in [3.8, 4) is 0 Å². The standard InChI is InChI=1S/C24H38/c1-2-11-21-18-10-19-23(24(21)22-15-7-4-8-16-22)17-9-14-20-12-5-3-6-13-20/h10,18-20,22H,2-9,11-17H2,1H3. The van der Waals surface area contributed by atoms with Crippen LogP contribution in [0.3, 0.4) is 0 Å². The zero-order chi connectivity index (χ0) is 16.6. The van der Waals surface area contributed by atoms with Gasteiger partial charge in [0, 0.05) is 0 Å². The monoisotopic (exact) mass is 326 g/mol. The summed E-state index contributed by atoms with van der Waals surface area (Å²) in [5.41, 5.74) is 5.19. The van der Waals surface area contributed by atoms with E-state index in [9.17, 15) is 0 Å². The molecule has 0 heteroatoms. The number of aryl methyl sites for hydroxylation is 2. The molecule has 0 N–H and O–H groups in total. The molecular weight excluding hydrogens is 288 g/mol. The maximum Gasteiger partial charge on any atom is -0.0157 e. The molecule has 24 heavy (non-hydrogen) atoms. The second-order valence-corrected chi connectivity index (χ2v) is 8.47. The summed E-state index contributed by atoms with van der Waals surface area (Å²) in [6.07, 6.45) is 21.5. The highest BCUT2D eigenvalue weighted by molar-refractivity contribution is 5.39. The van der Waals surface area contributed by atoms with Gasteiger partial charge in [0.15, 0.2) is 0 Å². The van der Waals surface area contributed by atoms with E-state index in [1.165, 1.54) is 96.3 Å². The lowest BCUT2D eigenvalue weighted by Crippen LogP contribution is -2.11. The number of rotatable bonds is 7. The van der Waals surface area contributed by atoms with E-state index in [4.69, 9.17) is 0 Å². The maximum atomic E-state index is 2.46. The minimum Gasteiger partial charge on any atom is -0.0651 e. The smallest absolute Gasteiger partial charge is 0.0157 e. The third-order valence-electron chi connectivity index (χ3n) is 6.60. The summed E-state index contributed by atoms with van der Waals surface area (Å²) in [6, 6.07) is 7.23. The van der Waals surface area contributed by atoms with Gasteiger partial charge in [-0.2, -0.15) is 0 Å². The fraction of sp³-hybridized carbons (Fsp3) is 0.750. The Kier molecular flexibility index (Phi) is 7.24. The molecule has 3 rings (SSSR count). The number of hydrogen-bond donors (Lipinski definition) is 0. The van der Waals surface area contributed by atoms with E-state index in [2.05, 4.69) is 25.1 Å². The molecule has 0 amide bonds. The summed E-state index contributed by atoms with van der Waals surface area (Å²) in [7, 11) is 0. The van der Waals surface area contributed by atoms with Crippen LogP contribution < -0.4 is 0 Å². The van der Waals surface area contributed by atoms with Crippen molar-refractivity contribution in [3.05, 3.63) is 34.9 Å². The largest absolute Gasteiger partial charge is 0.0651 e. The first kappa shape index (κ1) is 18.0. The predicted molar refractivity (Wildman–Crippen MR) is 106 cm³/mol. The Bertz CT molecular complexity index is 475. The Morgan fingerprint density at radius 1 is 0.792 bits per heavy atom. The third-order valence-corrected chi connectivity index (χ3v) is 6.60. The Labute approximate surface area is 150 Å². The molecule has 0 radical (unpaired) electrons. The zero-order valence-electron chi connectivity index (χ0n) is 16.0. The third kappa shape index (κ3) is 4.87. The number of hydrogen-bond acceptors (Lipinski definition) is 0. The lowest BCUT2D eigenvalue weighted by molar-refractivity contribution is 0.332. The lowest BCUT2D eigenvalue weighted by atomic mass is 9.78. The fourth-order valence-electron chi connectivity index (χ4n) is 5.34. The second-order valence-electron chi connectivity index (χ2n) is 8.47. The first-order valence-electron chi connectivity index (χ1n) is 11.0. The van der Waals surface area contributed by atoms with Crippen molar-refractivity contribution < 1.29 is 0 Å². The number of benzene rings is 1. The molecule has 0 bridgehead atoms. The molecule has 2 aliphatic carbocycles. The fourth-order valence-corrected chi connectivity index (χ4v) is 5.34. The highest BCUT2D eigenvalue weighted by atomic mass is 14.3. The van der Waals surface area contributed by atoms with Crippen LogP contribution in [-0.2, 0) is 12.8 Å². The van der Waals surface area contributed by atoms with Crippen molar-refractivity contribution in [2.75, 3.05) is 0 Å². The Hall–Kier alpha value is -0.780. The van der Waals surface area contributed by atoms with Gasteiger partial charge in [0.1, 0.15) is 0 Å². The quantitative estimate of drug-likeness (QED) is 0.484. The molecular formula is C24H38. The Morgan fingerprint density at radius 2 is 1.42 bits per heavy atom. The van der Waals surface area contributed by atoms with Crippen LogP contribution in [0.5, 0.6) is 0 Å². The molecule has 2 saturated carbocycles. The van der Waals surface area contributed by atoms with Crippen LogP contribution in [-0.4, -0.2) is 0 Å². The zero-order valence-corrected chi connectivity index (χ0v) is 16.0. The van der Waals surface area contributed by atoms with Crippen molar-refractivity contribution in [1.82, 2.24) is 0 Å². The molecule has 0 saturated heterocycles. The molecule has 0 spiro atoms. The molecule has 1 aromatic carbocycles. The average Bonchev–Trinajstić information content (AvgIpc) is 2.64. The van der Waals surface area contributed by atoms with Crippen LogP contribution in [0.1, 0.15) is 113 Å². The molecule has 0 atom stereocenters. The van der Waals surface area contributed by atoms with Crippen LogP contribution in [0, 0.1) is 5.92 Å². The predicted octanol–water partition coefficient (Wildman–Crippen LogP) is 7.59. The van der Waals surface area contributed by atoms with E-state index in [0.29, 0.717) is 0 Å². The van der Waals surface area contributed by atoms with E-state index < -0.39 is 0 Å².